The third-order valence-corrected chi connectivity index (χ3v) is 4.75. The molecule has 0 aliphatic carbocycles. The van der Waals surface area contributed by atoms with Gasteiger partial charge in [0.15, 0.2) is 0 Å². The Hall–Kier alpha value is -2.70. The van der Waals surface area contributed by atoms with Gasteiger partial charge in [0.2, 0.25) is 5.88 Å². The van der Waals surface area contributed by atoms with Crippen LogP contribution in [0.1, 0.15) is 28.9 Å². The molecule has 0 fully saturated rings. The minimum atomic E-state index is -0.419. The van der Waals surface area contributed by atoms with Crippen molar-refractivity contribution in [3.8, 4) is 5.88 Å². The van der Waals surface area contributed by atoms with Gasteiger partial charge in [-0.1, -0.05) is 29.8 Å². The van der Waals surface area contributed by atoms with Crippen molar-refractivity contribution in [2.45, 2.75) is 18.4 Å². The van der Waals surface area contributed by atoms with Crippen molar-refractivity contribution >= 4 is 28.7 Å². The zero-order chi connectivity index (χ0) is 18.1. The smallest absolute Gasteiger partial charge is 0.222 e. The van der Waals surface area contributed by atoms with Crippen molar-refractivity contribution in [3.63, 3.8) is 0 Å². The lowest BCUT2D eigenvalue weighted by atomic mass is 9.99. The van der Waals surface area contributed by atoms with E-state index in [9.17, 15) is 5.11 Å². The van der Waals surface area contributed by atoms with E-state index < -0.39 is 6.04 Å². The molecule has 6 nitrogen and oxygen atoms in total. The largest absolute Gasteiger partial charge is 0.493 e. The highest BCUT2D eigenvalue weighted by Gasteiger charge is 2.17. The van der Waals surface area contributed by atoms with Crippen LogP contribution in [-0.2, 0) is 6.42 Å². The van der Waals surface area contributed by atoms with Crippen molar-refractivity contribution in [3.05, 3.63) is 64.4 Å². The summed E-state index contributed by atoms with van der Waals surface area (Å²) in [6, 6.07) is 12.9. The van der Waals surface area contributed by atoms with Gasteiger partial charge in [0.25, 0.3) is 0 Å². The number of nitrogens with one attached hydrogen (secondary N) is 1. The van der Waals surface area contributed by atoms with Crippen LogP contribution < -0.4 is 11.2 Å². The second kappa shape index (κ2) is 6.90. The van der Waals surface area contributed by atoms with E-state index in [-0.39, 0.29) is 11.8 Å². The van der Waals surface area contributed by atoms with Crippen molar-refractivity contribution in [2.24, 2.45) is 10.8 Å². The van der Waals surface area contributed by atoms with Crippen LogP contribution in [0.25, 0.3) is 10.9 Å². The molecule has 0 saturated heterocycles. The quantitative estimate of drug-likeness (QED) is 0.658. The van der Waals surface area contributed by atoms with E-state index in [1.807, 2.05) is 48.7 Å². The number of nitrogens with two attached hydrogens (primary N) is 1. The third kappa shape index (κ3) is 3.34. The summed E-state index contributed by atoms with van der Waals surface area (Å²) in [7, 11) is 0. The first-order valence-corrected chi connectivity index (χ1v) is 8.74. The summed E-state index contributed by atoms with van der Waals surface area (Å²) in [6.45, 7) is 0.747. The molecule has 2 aromatic carbocycles. The summed E-state index contributed by atoms with van der Waals surface area (Å²) in [5.74, 6) is 0.550. The van der Waals surface area contributed by atoms with Crippen molar-refractivity contribution in [2.75, 3.05) is 6.54 Å². The number of hydrazone groups is 1. The first-order valence-electron chi connectivity index (χ1n) is 8.37. The lowest BCUT2D eigenvalue weighted by molar-refractivity contribution is 0.453. The first kappa shape index (κ1) is 16.8. The molecule has 26 heavy (non-hydrogen) atoms. The van der Waals surface area contributed by atoms with E-state index >= 15 is 0 Å². The van der Waals surface area contributed by atoms with Crippen LogP contribution in [0.5, 0.6) is 5.88 Å². The summed E-state index contributed by atoms with van der Waals surface area (Å²) in [4.78, 5) is 8.77. The molecule has 0 radical (unpaired) electrons. The molecule has 1 aromatic heterocycles. The molecular weight excluding hydrogens is 350 g/mol. The number of aromatic nitrogens is 2. The van der Waals surface area contributed by atoms with Crippen LogP contribution in [0.3, 0.4) is 0 Å². The van der Waals surface area contributed by atoms with E-state index in [4.69, 9.17) is 17.3 Å². The number of halogens is 1. The Morgan fingerprint density at radius 3 is 2.73 bits per heavy atom. The minimum absolute atomic E-state index is 0.0544. The molecule has 0 spiro atoms. The van der Waals surface area contributed by atoms with E-state index in [2.05, 4.69) is 20.5 Å². The number of rotatable bonds is 4. The van der Waals surface area contributed by atoms with Crippen LogP contribution in [-0.4, -0.2) is 27.8 Å². The van der Waals surface area contributed by atoms with Gasteiger partial charge in [-0.15, -0.1) is 0 Å². The molecule has 1 aliphatic heterocycles. The molecule has 0 amide bonds. The Morgan fingerprint density at radius 1 is 1.19 bits per heavy atom. The molecule has 3 aromatic rings. The molecule has 0 bridgehead atoms. The highest BCUT2D eigenvalue weighted by molar-refractivity contribution is 6.30. The van der Waals surface area contributed by atoms with E-state index in [0.29, 0.717) is 28.2 Å². The van der Waals surface area contributed by atoms with Gasteiger partial charge in [-0.05, 0) is 41.8 Å². The normalized spacial score (nSPS) is 17.4. The molecule has 0 saturated carbocycles. The molecule has 4 rings (SSSR count). The predicted octanol–water partition coefficient (Wildman–Crippen LogP) is 2.90. The summed E-state index contributed by atoms with van der Waals surface area (Å²) in [5.41, 5.74) is 12.0. The van der Waals surface area contributed by atoms with Gasteiger partial charge in [0, 0.05) is 23.7 Å². The van der Waals surface area contributed by atoms with Gasteiger partial charge in [-0.25, -0.2) is 4.98 Å². The Morgan fingerprint density at radius 2 is 2.00 bits per heavy atom. The predicted molar refractivity (Wildman–Crippen MR) is 103 cm³/mol. The molecule has 4 N–H and O–H groups in total. The summed E-state index contributed by atoms with van der Waals surface area (Å²) in [5, 5.41) is 15.7. The Balaban J connectivity index is 1.62. The number of fused-ring (bicyclic) bond motifs is 1. The average molecular weight is 368 g/mol. The molecule has 132 valence electrons. The van der Waals surface area contributed by atoms with Crippen LogP contribution in [0.4, 0.5) is 0 Å². The van der Waals surface area contributed by atoms with Crippen LogP contribution in [0, 0.1) is 0 Å². The van der Waals surface area contributed by atoms with Gasteiger partial charge in [-0.3, -0.25) is 0 Å². The van der Waals surface area contributed by atoms with Crippen molar-refractivity contribution < 1.29 is 5.11 Å². The molecular formula is C19H18ClN5O. The average Bonchev–Trinajstić information content (AvgIpc) is 3.18. The molecule has 2 atom stereocenters. The lowest BCUT2D eigenvalue weighted by Crippen LogP contribution is -2.17. The highest BCUT2D eigenvalue weighted by atomic mass is 35.5. The van der Waals surface area contributed by atoms with Crippen LogP contribution >= 0.6 is 11.6 Å². The first-order chi connectivity index (χ1) is 12.6. The fraction of sp³-hybridized carbons (Fsp3) is 0.211. The molecule has 2 heterocycles. The summed E-state index contributed by atoms with van der Waals surface area (Å²) >= 11 is 5.91. The number of hydrogen-bond acceptors (Lipinski definition) is 6. The van der Waals surface area contributed by atoms with Gasteiger partial charge < -0.3 is 16.3 Å². The monoisotopic (exact) mass is 367 g/mol. The molecule has 7 heteroatoms. The van der Waals surface area contributed by atoms with E-state index in [1.54, 1.807) is 0 Å². The SMILES string of the molecule is N[C@H](Cc1ccc(Cl)cc1)c1nc(O)c2cc(C3C=NNC3)ccc2n1. The summed E-state index contributed by atoms with van der Waals surface area (Å²) < 4.78 is 0. The topological polar surface area (TPSA) is 96.4 Å². The number of nitrogens with zero attached hydrogens (tertiary/aromatic N) is 3. The minimum Gasteiger partial charge on any atom is -0.493 e. The molecule has 1 aliphatic rings. The molecule has 1 unspecified atom stereocenters. The summed E-state index contributed by atoms with van der Waals surface area (Å²) in [6.07, 6.45) is 2.42. The maximum atomic E-state index is 10.4. The van der Waals surface area contributed by atoms with Crippen LogP contribution in [0.2, 0.25) is 5.02 Å². The number of hydrogen-bond donors (Lipinski definition) is 3. The van der Waals surface area contributed by atoms with Gasteiger partial charge >= 0.3 is 0 Å². The Bertz CT molecular complexity index is 974. The zero-order valence-corrected chi connectivity index (χ0v) is 14.7. The van der Waals surface area contributed by atoms with Crippen molar-refractivity contribution in [1.82, 2.24) is 15.4 Å². The lowest BCUT2D eigenvalue weighted by Gasteiger charge is -2.13. The standard InChI is InChI=1S/C19H18ClN5O/c20-14-4-1-11(2-5-14)7-16(21)18-24-17-6-3-12(13-9-22-23-10-13)8-15(17)19(26)25-18/h1-6,8-9,13,16,23H,7,10,21H2,(H,24,25,26)/t13?,16-/m1/s1. The van der Waals surface area contributed by atoms with Gasteiger partial charge in [-0.2, -0.15) is 10.1 Å². The van der Waals surface area contributed by atoms with Crippen molar-refractivity contribution in [1.29, 1.82) is 0 Å². The second-order valence-electron chi connectivity index (χ2n) is 6.37. The fourth-order valence-electron chi connectivity index (χ4n) is 3.06. The van der Waals surface area contributed by atoms with E-state index in [1.165, 1.54) is 0 Å². The number of aromatic hydroxyl groups is 1. The third-order valence-electron chi connectivity index (χ3n) is 4.50. The van der Waals surface area contributed by atoms with Gasteiger partial charge in [0.05, 0.1) is 16.9 Å². The number of benzene rings is 2. The Kier molecular flexibility index (Phi) is 4.44. The van der Waals surface area contributed by atoms with E-state index in [0.717, 1.165) is 17.7 Å². The second-order valence-corrected chi connectivity index (χ2v) is 6.80. The Labute approximate surface area is 155 Å². The van der Waals surface area contributed by atoms with Crippen LogP contribution in [0.15, 0.2) is 47.6 Å². The maximum Gasteiger partial charge on any atom is 0.222 e. The maximum absolute atomic E-state index is 10.4. The fourth-order valence-corrected chi connectivity index (χ4v) is 3.19. The highest BCUT2D eigenvalue weighted by Crippen LogP contribution is 2.28. The zero-order valence-electron chi connectivity index (χ0n) is 13.9. The van der Waals surface area contributed by atoms with Gasteiger partial charge in [0.1, 0.15) is 5.82 Å².